The lowest BCUT2D eigenvalue weighted by atomic mass is 9.95. The van der Waals surface area contributed by atoms with E-state index in [-0.39, 0.29) is 23.5 Å². The van der Waals surface area contributed by atoms with Crippen LogP contribution in [0, 0.1) is 5.92 Å². The number of nitrogens with zero attached hydrogens (tertiary/aromatic N) is 2. The number of amides is 2. The number of rotatable bonds is 11. The summed E-state index contributed by atoms with van der Waals surface area (Å²) in [5.41, 5.74) is 1.80. The highest BCUT2D eigenvalue weighted by Crippen LogP contribution is 2.25. The molecule has 1 aliphatic heterocycles. The lowest BCUT2D eigenvalue weighted by Gasteiger charge is -2.29. The van der Waals surface area contributed by atoms with E-state index in [4.69, 9.17) is 0 Å². The van der Waals surface area contributed by atoms with E-state index in [2.05, 4.69) is 27.6 Å². The van der Waals surface area contributed by atoms with Gasteiger partial charge in [-0.15, -0.1) is 11.3 Å². The molecule has 0 radical (unpaired) electrons. The number of anilines is 1. The van der Waals surface area contributed by atoms with Crippen molar-refractivity contribution in [3.8, 4) is 11.3 Å². The van der Waals surface area contributed by atoms with Crippen LogP contribution in [0.2, 0.25) is 0 Å². The highest BCUT2D eigenvalue weighted by atomic mass is 32.1. The minimum atomic E-state index is -0.612. The number of carbonyl (C=O) groups excluding carboxylic acids is 3. The van der Waals surface area contributed by atoms with Crippen LogP contribution in [-0.2, 0) is 14.4 Å². The van der Waals surface area contributed by atoms with Crippen molar-refractivity contribution >= 4 is 34.1 Å². The van der Waals surface area contributed by atoms with Crippen molar-refractivity contribution in [3.63, 3.8) is 0 Å². The first-order chi connectivity index (χ1) is 15.9. The average Bonchev–Trinajstić information content (AvgIpc) is 3.27. The maximum atomic E-state index is 13.1. The highest BCUT2D eigenvalue weighted by molar-refractivity contribution is 7.14. The second-order valence-corrected chi connectivity index (χ2v) is 9.69. The Kier molecular flexibility index (Phi) is 9.57. The Labute approximate surface area is 200 Å². The maximum Gasteiger partial charge on any atom is 0.248 e. The predicted molar refractivity (Wildman–Crippen MR) is 132 cm³/mol. The molecule has 0 spiro atoms. The molecule has 2 heterocycles. The summed E-state index contributed by atoms with van der Waals surface area (Å²) in [5, 5.41) is 8.34. The van der Waals surface area contributed by atoms with E-state index in [0.717, 1.165) is 56.5 Å². The standard InChI is InChI=1S/C25H34N4O3S/c1-18(30)9-5-3-8-12-21(26-23(31)20-13-15-29(2)16-14-20)24(32)28-25-27-22(17-33-25)19-10-6-4-7-11-19/h4,6-7,10-11,17,20-21H,3,5,8-9,12-16H2,1-2H3,(H,26,31)(H,27,28,32)/t21-/m0/s1. The summed E-state index contributed by atoms with van der Waals surface area (Å²) in [7, 11) is 2.06. The Hall–Kier alpha value is -2.58. The molecule has 1 aromatic carbocycles. The Bertz CT molecular complexity index is 923. The number of nitrogens with one attached hydrogen (secondary N) is 2. The van der Waals surface area contributed by atoms with Gasteiger partial charge in [0.05, 0.1) is 5.69 Å². The number of ketones is 1. The van der Waals surface area contributed by atoms with E-state index < -0.39 is 6.04 Å². The van der Waals surface area contributed by atoms with Crippen molar-refractivity contribution in [3.05, 3.63) is 35.7 Å². The third-order valence-electron chi connectivity index (χ3n) is 6.05. The average molecular weight is 471 g/mol. The molecule has 2 aromatic rings. The first-order valence-corrected chi connectivity index (χ1v) is 12.6. The quantitative estimate of drug-likeness (QED) is 0.482. The highest BCUT2D eigenvalue weighted by Gasteiger charge is 2.28. The number of hydrogen-bond donors (Lipinski definition) is 2. The fourth-order valence-corrected chi connectivity index (χ4v) is 4.72. The summed E-state index contributed by atoms with van der Waals surface area (Å²) in [5.74, 6) is -0.162. The molecule has 0 bridgehead atoms. The van der Waals surface area contributed by atoms with E-state index in [0.29, 0.717) is 18.0 Å². The van der Waals surface area contributed by atoms with Gasteiger partial charge < -0.3 is 20.3 Å². The molecule has 0 aliphatic carbocycles. The van der Waals surface area contributed by atoms with Crippen LogP contribution in [0.15, 0.2) is 35.7 Å². The van der Waals surface area contributed by atoms with Gasteiger partial charge in [0.1, 0.15) is 11.8 Å². The number of hydrogen-bond acceptors (Lipinski definition) is 6. The fraction of sp³-hybridized carbons (Fsp3) is 0.520. The lowest BCUT2D eigenvalue weighted by molar-refractivity contribution is -0.130. The number of Topliss-reactive ketones (excluding diaryl/α,β-unsaturated/α-hetero) is 1. The van der Waals surface area contributed by atoms with E-state index in [1.54, 1.807) is 6.92 Å². The van der Waals surface area contributed by atoms with Crippen molar-refractivity contribution in [1.82, 2.24) is 15.2 Å². The van der Waals surface area contributed by atoms with Gasteiger partial charge in [-0.1, -0.05) is 43.2 Å². The van der Waals surface area contributed by atoms with Gasteiger partial charge in [0.2, 0.25) is 11.8 Å². The predicted octanol–water partition coefficient (Wildman–Crippen LogP) is 4.11. The molecule has 1 fully saturated rings. The van der Waals surface area contributed by atoms with Crippen molar-refractivity contribution in [2.75, 3.05) is 25.5 Å². The lowest BCUT2D eigenvalue weighted by Crippen LogP contribution is -2.47. The summed E-state index contributed by atoms with van der Waals surface area (Å²) < 4.78 is 0. The Morgan fingerprint density at radius 1 is 1.12 bits per heavy atom. The molecule has 7 nitrogen and oxygen atoms in total. The number of benzene rings is 1. The first-order valence-electron chi connectivity index (χ1n) is 11.7. The van der Waals surface area contributed by atoms with Gasteiger partial charge in [0.25, 0.3) is 0 Å². The summed E-state index contributed by atoms with van der Waals surface area (Å²) in [4.78, 5) is 43.9. The zero-order chi connectivity index (χ0) is 23.6. The molecule has 2 N–H and O–H groups in total. The third-order valence-corrected chi connectivity index (χ3v) is 6.81. The number of unbranched alkanes of at least 4 members (excludes halogenated alkanes) is 2. The van der Waals surface area contributed by atoms with Crippen molar-refractivity contribution in [1.29, 1.82) is 0 Å². The van der Waals surface area contributed by atoms with Crippen molar-refractivity contribution in [2.45, 2.75) is 57.9 Å². The molecule has 1 atom stereocenters. The SMILES string of the molecule is CC(=O)CCCCC[C@H](NC(=O)C1CCN(C)CC1)C(=O)Nc1nc(-c2ccccc2)cs1. The van der Waals surface area contributed by atoms with Crippen LogP contribution >= 0.6 is 11.3 Å². The second kappa shape index (κ2) is 12.6. The molecule has 0 unspecified atom stereocenters. The van der Waals surface area contributed by atoms with E-state index in [1.807, 2.05) is 35.7 Å². The van der Waals surface area contributed by atoms with E-state index >= 15 is 0 Å². The topological polar surface area (TPSA) is 91.4 Å². The largest absolute Gasteiger partial charge is 0.344 e. The maximum absolute atomic E-state index is 13.1. The molecule has 2 amide bonds. The van der Waals surface area contributed by atoms with Gasteiger partial charge in [0, 0.05) is 23.3 Å². The Morgan fingerprint density at radius 2 is 1.85 bits per heavy atom. The van der Waals surface area contributed by atoms with Crippen molar-refractivity contribution < 1.29 is 14.4 Å². The third kappa shape index (κ3) is 8.05. The zero-order valence-corrected chi connectivity index (χ0v) is 20.3. The molecule has 0 saturated carbocycles. The zero-order valence-electron chi connectivity index (χ0n) is 19.5. The van der Waals surface area contributed by atoms with Crippen LogP contribution in [0.1, 0.15) is 51.9 Å². The molecule has 1 saturated heterocycles. The Morgan fingerprint density at radius 3 is 2.55 bits per heavy atom. The van der Waals surface area contributed by atoms with Gasteiger partial charge in [-0.25, -0.2) is 4.98 Å². The normalized spacial score (nSPS) is 15.7. The number of likely N-dealkylation sites (tertiary alicyclic amines) is 1. The number of thiazole rings is 1. The number of piperidine rings is 1. The number of aromatic nitrogens is 1. The minimum Gasteiger partial charge on any atom is -0.344 e. The summed E-state index contributed by atoms with van der Waals surface area (Å²) >= 11 is 1.37. The first kappa shape index (κ1) is 25.1. The number of carbonyl (C=O) groups is 3. The van der Waals surface area contributed by atoms with Crippen LogP contribution < -0.4 is 10.6 Å². The molecule has 1 aromatic heterocycles. The van der Waals surface area contributed by atoms with Gasteiger partial charge in [0.15, 0.2) is 5.13 Å². The summed E-state index contributed by atoms with van der Waals surface area (Å²) in [6, 6.07) is 9.20. The minimum absolute atomic E-state index is 0.0453. The van der Waals surface area contributed by atoms with Gasteiger partial charge in [-0.05, 0) is 52.7 Å². The molecule has 1 aliphatic rings. The van der Waals surface area contributed by atoms with E-state index in [1.165, 1.54) is 11.3 Å². The molecular formula is C25H34N4O3S. The Balaban J connectivity index is 1.60. The van der Waals surface area contributed by atoms with Crippen LogP contribution in [0.3, 0.4) is 0 Å². The molecule has 8 heteroatoms. The van der Waals surface area contributed by atoms with E-state index in [9.17, 15) is 14.4 Å². The van der Waals surface area contributed by atoms with Crippen LogP contribution in [0.4, 0.5) is 5.13 Å². The van der Waals surface area contributed by atoms with Crippen molar-refractivity contribution in [2.24, 2.45) is 5.92 Å². The monoisotopic (exact) mass is 470 g/mol. The summed E-state index contributed by atoms with van der Waals surface area (Å²) in [6.45, 7) is 3.37. The van der Waals surface area contributed by atoms with Gasteiger partial charge in [-0.3, -0.25) is 9.59 Å². The van der Waals surface area contributed by atoms with Crippen LogP contribution in [0.5, 0.6) is 0 Å². The molecule has 178 valence electrons. The molecule has 3 rings (SSSR count). The summed E-state index contributed by atoms with van der Waals surface area (Å²) in [6.07, 6.45) is 5.14. The second-order valence-electron chi connectivity index (χ2n) is 8.83. The van der Waals surface area contributed by atoms with Gasteiger partial charge >= 0.3 is 0 Å². The van der Waals surface area contributed by atoms with Gasteiger partial charge in [-0.2, -0.15) is 0 Å². The van der Waals surface area contributed by atoms with Crippen LogP contribution in [0.25, 0.3) is 11.3 Å². The smallest absolute Gasteiger partial charge is 0.248 e. The molecular weight excluding hydrogens is 436 g/mol. The molecule has 33 heavy (non-hydrogen) atoms. The fourth-order valence-electron chi connectivity index (χ4n) is 3.99. The van der Waals surface area contributed by atoms with Crippen LogP contribution in [-0.4, -0.2) is 53.7 Å².